The Morgan fingerprint density at radius 2 is 1.65 bits per heavy atom. The van der Waals surface area contributed by atoms with Crippen molar-refractivity contribution in [2.45, 2.75) is 6.61 Å². The number of ether oxygens (including phenoxy) is 1. The lowest BCUT2D eigenvalue weighted by Gasteiger charge is -2.10. The number of nitrogens with one attached hydrogen (secondary N) is 1. The van der Waals surface area contributed by atoms with Gasteiger partial charge in [0.05, 0.1) is 11.8 Å². The summed E-state index contributed by atoms with van der Waals surface area (Å²) < 4.78 is 19.3. The van der Waals surface area contributed by atoms with Crippen LogP contribution < -0.4 is 10.2 Å². The minimum Gasteiger partial charge on any atom is -0.488 e. The molecule has 0 saturated heterocycles. The Hall–Kier alpha value is -3.47. The lowest BCUT2D eigenvalue weighted by molar-refractivity contribution is 0.0950. The summed E-state index contributed by atoms with van der Waals surface area (Å²) in [4.78, 5) is 12.4. The monoisotopic (exact) mass is 348 g/mol. The Morgan fingerprint density at radius 3 is 2.46 bits per heavy atom. The molecule has 0 fully saturated rings. The molecule has 26 heavy (non-hydrogen) atoms. The number of carbonyl (C=O) groups is 1. The molecule has 0 spiro atoms. The molecule has 3 aromatic carbocycles. The molecule has 0 unspecified atom stereocenters. The molecule has 1 amide bonds. The predicted molar refractivity (Wildman–Crippen MR) is 98.7 cm³/mol. The third kappa shape index (κ3) is 4.54. The number of rotatable bonds is 6. The molecule has 3 aromatic rings. The number of amides is 1. The highest BCUT2D eigenvalue weighted by Crippen LogP contribution is 2.19. The van der Waals surface area contributed by atoms with E-state index < -0.39 is 11.7 Å². The molecule has 130 valence electrons. The van der Waals surface area contributed by atoms with E-state index in [4.69, 9.17) is 4.74 Å². The molecular weight excluding hydrogens is 331 g/mol. The van der Waals surface area contributed by atoms with E-state index in [1.807, 2.05) is 30.3 Å². The van der Waals surface area contributed by atoms with Crippen molar-refractivity contribution < 1.29 is 13.9 Å². The maximum atomic E-state index is 13.5. The van der Waals surface area contributed by atoms with Gasteiger partial charge in [0.1, 0.15) is 18.2 Å². The van der Waals surface area contributed by atoms with E-state index in [1.165, 1.54) is 12.3 Å². The number of hydrogen-bond donors (Lipinski definition) is 1. The molecule has 0 aromatic heterocycles. The van der Waals surface area contributed by atoms with Crippen LogP contribution in [-0.2, 0) is 6.61 Å². The lowest BCUT2D eigenvalue weighted by Crippen LogP contribution is -2.18. The first kappa shape index (κ1) is 17.4. The zero-order chi connectivity index (χ0) is 18.2. The molecule has 4 nitrogen and oxygen atoms in total. The van der Waals surface area contributed by atoms with Crippen LogP contribution in [0.15, 0.2) is 84.0 Å². The smallest absolute Gasteiger partial charge is 0.275 e. The molecule has 5 heteroatoms. The Morgan fingerprint density at radius 1 is 0.962 bits per heavy atom. The van der Waals surface area contributed by atoms with Gasteiger partial charge in [0.15, 0.2) is 0 Å². The Labute approximate surface area is 150 Å². The largest absolute Gasteiger partial charge is 0.488 e. The van der Waals surface area contributed by atoms with E-state index in [1.54, 1.807) is 42.5 Å². The van der Waals surface area contributed by atoms with Crippen LogP contribution in [0.25, 0.3) is 0 Å². The minimum absolute atomic E-state index is 0.293. The SMILES string of the molecule is O=C(NN=Cc1ccccc1F)c1ccccc1OCc1ccccc1. The van der Waals surface area contributed by atoms with Crippen LogP contribution in [0.5, 0.6) is 5.75 Å². The third-order valence-electron chi connectivity index (χ3n) is 3.64. The topological polar surface area (TPSA) is 50.7 Å². The van der Waals surface area contributed by atoms with Crippen LogP contribution in [0.1, 0.15) is 21.5 Å². The first-order valence-electron chi connectivity index (χ1n) is 8.08. The molecule has 3 rings (SSSR count). The van der Waals surface area contributed by atoms with Gasteiger partial charge in [-0.1, -0.05) is 60.7 Å². The average molecular weight is 348 g/mol. The standard InChI is InChI=1S/C21H17FN2O2/c22-19-12-6-4-10-17(19)14-23-24-21(25)18-11-5-7-13-20(18)26-15-16-8-2-1-3-9-16/h1-14H,15H2,(H,24,25). The highest BCUT2D eigenvalue weighted by atomic mass is 19.1. The fourth-order valence-electron chi connectivity index (χ4n) is 2.32. The van der Waals surface area contributed by atoms with Crippen molar-refractivity contribution in [1.82, 2.24) is 5.43 Å². The molecule has 0 aliphatic heterocycles. The summed E-state index contributed by atoms with van der Waals surface area (Å²) in [6.45, 7) is 0.351. The second-order valence-corrected chi connectivity index (χ2v) is 5.49. The minimum atomic E-state index is -0.429. The maximum absolute atomic E-state index is 13.5. The fourth-order valence-corrected chi connectivity index (χ4v) is 2.32. The number of para-hydroxylation sites is 1. The fraction of sp³-hybridized carbons (Fsp3) is 0.0476. The third-order valence-corrected chi connectivity index (χ3v) is 3.64. The molecule has 0 atom stereocenters. The normalized spacial score (nSPS) is 10.7. The van der Waals surface area contributed by atoms with Gasteiger partial charge >= 0.3 is 0 Å². The van der Waals surface area contributed by atoms with Crippen LogP contribution in [0.3, 0.4) is 0 Å². The molecular formula is C21H17FN2O2. The van der Waals surface area contributed by atoms with Crippen LogP contribution in [0.2, 0.25) is 0 Å². The van der Waals surface area contributed by atoms with Gasteiger partial charge < -0.3 is 4.74 Å². The molecule has 0 aliphatic carbocycles. The summed E-state index contributed by atoms with van der Waals surface area (Å²) in [5.41, 5.74) is 4.05. The van der Waals surface area contributed by atoms with Crippen molar-refractivity contribution in [3.63, 3.8) is 0 Å². The first-order chi connectivity index (χ1) is 12.7. The van der Waals surface area contributed by atoms with Crippen molar-refractivity contribution in [3.05, 3.63) is 101 Å². The van der Waals surface area contributed by atoms with E-state index in [-0.39, 0.29) is 0 Å². The number of nitrogens with zero attached hydrogens (tertiary/aromatic N) is 1. The summed E-state index contributed by atoms with van der Waals surface area (Å²) in [6.07, 6.45) is 1.26. The highest BCUT2D eigenvalue weighted by molar-refractivity contribution is 5.97. The van der Waals surface area contributed by atoms with Gasteiger partial charge in [-0.05, 0) is 23.8 Å². The van der Waals surface area contributed by atoms with Crippen LogP contribution in [0, 0.1) is 5.82 Å². The summed E-state index contributed by atoms with van der Waals surface area (Å²) in [5, 5.41) is 3.82. The number of carbonyl (C=O) groups excluding carboxylic acids is 1. The molecule has 0 bridgehead atoms. The van der Waals surface area contributed by atoms with E-state index in [2.05, 4.69) is 10.5 Å². The van der Waals surface area contributed by atoms with Gasteiger partial charge in [-0.3, -0.25) is 4.79 Å². The predicted octanol–water partition coefficient (Wildman–Crippen LogP) is 4.17. The zero-order valence-electron chi connectivity index (χ0n) is 13.9. The van der Waals surface area contributed by atoms with Crippen molar-refractivity contribution in [2.24, 2.45) is 5.10 Å². The summed E-state index contributed by atoms with van der Waals surface area (Å²) in [5.74, 6) is -0.381. The van der Waals surface area contributed by atoms with E-state index in [9.17, 15) is 9.18 Å². The van der Waals surface area contributed by atoms with Crippen LogP contribution >= 0.6 is 0 Å². The van der Waals surface area contributed by atoms with Crippen molar-refractivity contribution in [3.8, 4) is 5.75 Å². The number of benzene rings is 3. The van der Waals surface area contributed by atoms with Gasteiger partial charge in [-0.25, -0.2) is 9.82 Å². The number of hydrogen-bond acceptors (Lipinski definition) is 3. The quantitative estimate of drug-likeness (QED) is 0.537. The molecule has 0 radical (unpaired) electrons. The van der Waals surface area contributed by atoms with Crippen molar-refractivity contribution in [1.29, 1.82) is 0 Å². The molecule has 0 heterocycles. The lowest BCUT2D eigenvalue weighted by atomic mass is 10.2. The molecule has 0 saturated carbocycles. The second kappa shape index (κ2) is 8.58. The van der Waals surface area contributed by atoms with Gasteiger partial charge in [-0.15, -0.1) is 0 Å². The molecule has 0 aliphatic rings. The van der Waals surface area contributed by atoms with E-state index in [0.717, 1.165) is 5.56 Å². The summed E-state index contributed by atoms with van der Waals surface area (Å²) in [6, 6.07) is 22.8. The van der Waals surface area contributed by atoms with Crippen LogP contribution in [0.4, 0.5) is 4.39 Å². The Bertz CT molecular complexity index is 911. The van der Waals surface area contributed by atoms with Crippen molar-refractivity contribution in [2.75, 3.05) is 0 Å². The van der Waals surface area contributed by atoms with E-state index >= 15 is 0 Å². The van der Waals surface area contributed by atoms with Gasteiger partial charge in [0.25, 0.3) is 5.91 Å². The first-order valence-corrected chi connectivity index (χ1v) is 8.08. The van der Waals surface area contributed by atoms with Gasteiger partial charge in [-0.2, -0.15) is 5.10 Å². The Kier molecular flexibility index (Phi) is 5.72. The number of halogens is 1. The maximum Gasteiger partial charge on any atom is 0.275 e. The molecule has 1 N–H and O–H groups in total. The van der Waals surface area contributed by atoms with Crippen molar-refractivity contribution >= 4 is 12.1 Å². The average Bonchev–Trinajstić information content (AvgIpc) is 2.69. The summed E-state index contributed by atoms with van der Waals surface area (Å²) in [7, 11) is 0. The second-order valence-electron chi connectivity index (χ2n) is 5.49. The van der Waals surface area contributed by atoms with Gasteiger partial charge in [0, 0.05) is 5.56 Å². The van der Waals surface area contributed by atoms with E-state index in [0.29, 0.717) is 23.5 Å². The highest BCUT2D eigenvalue weighted by Gasteiger charge is 2.11. The zero-order valence-corrected chi connectivity index (χ0v) is 13.9. The summed E-state index contributed by atoms with van der Waals surface area (Å²) >= 11 is 0. The Balaban J connectivity index is 1.67. The van der Waals surface area contributed by atoms with Crippen LogP contribution in [-0.4, -0.2) is 12.1 Å². The van der Waals surface area contributed by atoms with Gasteiger partial charge in [0.2, 0.25) is 0 Å². The number of hydrazone groups is 1.